The molecule has 0 fully saturated rings. The predicted octanol–water partition coefficient (Wildman–Crippen LogP) is 3.20. The Hall–Kier alpha value is -2.74. The van der Waals surface area contributed by atoms with Gasteiger partial charge in [0.05, 0.1) is 18.7 Å². The molecule has 3 aromatic rings. The van der Waals surface area contributed by atoms with Crippen LogP contribution < -0.4 is 10.1 Å². The van der Waals surface area contributed by atoms with Gasteiger partial charge in [-0.2, -0.15) is 0 Å². The number of rotatable bonds is 6. The number of Topliss-reactive ketones (excluding diaryl/α,β-unsaturated/α-hetero) is 1. The fourth-order valence-electron chi connectivity index (χ4n) is 2.79. The molecule has 140 valence electrons. The normalized spacial score (nSPS) is 12.2. The highest BCUT2D eigenvalue weighted by molar-refractivity contribution is 9.10. The first-order chi connectivity index (χ1) is 12.9. The molecule has 0 aliphatic carbocycles. The van der Waals surface area contributed by atoms with Crippen LogP contribution in [0.5, 0.6) is 5.75 Å². The van der Waals surface area contributed by atoms with Crippen molar-refractivity contribution < 1.29 is 14.3 Å². The number of carbonyl (C=O) groups is 2. The summed E-state index contributed by atoms with van der Waals surface area (Å²) in [5, 5.41) is 11.1. The molecule has 7 nitrogen and oxygen atoms in total. The van der Waals surface area contributed by atoms with Crippen molar-refractivity contribution >= 4 is 33.3 Å². The minimum atomic E-state index is -0.724. The van der Waals surface area contributed by atoms with E-state index in [1.165, 1.54) is 7.11 Å². The van der Waals surface area contributed by atoms with E-state index >= 15 is 0 Å². The molecule has 0 saturated carbocycles. The highest BCUT2D eigenvalue weighted by Gasteiger charge is 2.28. The number of nitrogens with one attached hydrogen (secondary N) is 1. The maximum absolute atomic E-state index is 12.7. The highest BCUT2D eigenvalue weighted by atomic mass is 79.9. The third-order valence-electron chi connectivity index (χ3n) is 4.18. The standard InChI is InChI=1S/C19H19BrN4O3/c1-11(2)16(18-23-22-15-6-4-5-9-24(15)18)21-19(26)17(25)13-10-12(20)7-8-14(13)27-3/h4-11,16H,1-3H3,(H,21,26). The number of methoxy groups -OCH3 is 1. The van der Waals surface area contributed by atoms with Crippen LogP contribution in [-0.4, -0.2) is 33.4 Å². The number of hydrogen-bond acceptors (Lipinski definition) is 5. The average Bonchev–Trinajstić information content (AvgIpc) is 3.08. The van der Waals surface area contributed by atoms with E-state index in [2.05, 4.69) is 31.4 Å². The number of benzene rings is 1. The van der Waals surface area contributed by atoms with Gasteiger partial charge >= 0.3 is 0 Å². The van der Waals surface area contributed by atoms with Gasteiger partial charge in [0.25, 0.3) is 11.7 Å². The third kappa shape index (κ3) is 3.85. The molecule has 0 aliphatic rings. The van der Waals surface area contributed by atoms with E-state index in [-0.39, 0.29) is 11.5 Å². The van der Waals surface area contributed by atoms with Crippen LogP contribution in [0.4, 0.5) is 0 Å². The zero-order valence-electron chi connectivity index (χ0n) is 15.1. The van der Waals surface area contributed by atoms with Gasteiger partial charge in [0.1, 0.15) is 5.75 Å². The molecule has 1 atom stereocenters. The SMILES string of the molecule is COc1ccc(Br)cc1C(=O)C(=O)NC(c1nnc2ccccn12)C(C)C. The van der Waals surface area contributed by atoms with Gasteiger partial charge in [-0.15, -0.1) is 10.2 Å². The second-order valence-electron chi connectivity index (χ2n) is 6.36. The first-order valence-corrected chi connectivity index (χ1v) is 9.20. The summed E-state index contributed by atoms with van der Waals surface area (Å²) in [6.45, 7) is 3.89. The molecular formula is C19H19BrN4O3. The van der Waals surface area contributed by atoms with Gasteiger partial charge in [-0.25, -0.2) is 0 Å². The molecule has 1 amide bonds. The maximum Gasteiger partial charge on any atom is 0.293 e. The number of nitrogens with zero attached hydrogens (tertiary/aromatic N) is 3. The quantitative estimate of drug-likeness (QED) is 0.479. The predicted molar refractivity (Wildman–Crippen MR) is 104 cm³/mol. The van der Waals surface area contributed by atoms with Crippen molar-refractivity contribution in [1.29, 1.82) is 0 Å². The zero-order valence-corrected chi connectivity index (χ0v) is 16.7. The lowest BCUT2D eigenvalue weighted by Crippen LogP contribution is -2.37. The molecular weight excluding hydrogens is 412 g/mol. The van der Waals surface area contributed by atoms with E-state index in [0.29, 0.717) is 21.7 Å². The summed E-state index contributed by atoms with van der Waals surface area (Å²) >= 11 is 3.31. The maximum atomic E-state index is 12.7. The van der Waals surface area contributed by atoms with Crippen molar-refractivity contribution in [2.45, 2.75) is 19.9 Å². The number of ether oxygens (including phenoxy) is 1. The molecule has 0 bridgehead atoms. The number of carbonyl (C=O) groups excluding carboxylic acids is 2. The van der Waals surface area contributed by atoms with Crippen LogP contribution >= 0.6 is 15.9 Å². The Morgan fingerprint density at radius 2 is 1.96 bits per heavy atom. The van der Waals surface area contributed by atoms with Crippen LogP contribution in [0.3, 0.4) is 0 Å². The van der Waals surface area contributed by atoms with Crippen LogP contribution in [0.15, 0.2) is 47.1 Å². The fourth-order valence-corrected chi connectivity index (χ4v) is 3.15. The highest BCUT2D eigenvalue weighted by Crippen LogP contribution is 2.25. The summed E-state index contributed by atoms with van der Waals surface area (Å²) < 4.78 is 7.69. The number of hydrogen-bond donors (Lipinski definition) is 1. The fraction of sp³-hybridized carbons (Fsp3) is 0.263. The number of fused-ring (bicyclic) bond motifs is 1. The lowest BCUT2D eigenvalue weighted by atomic mass is 10.0. The summed E-state index contributed by atoms with van der Waals surface area (Å²) in [7, 11) is 1.46. The van der Waals surface area contributed by atoms with E-state index in [1.807, 2.05) is 38.2 Å². The van der Waals surface area contributed by atoms with E-state index in [1.54, 1.807) is 22.6 Å². The van der Waals surface area contributed by atoms with Crippen molar-refractivity contribution in [2.75, 3.05) is 7.11 Å². The van der Waals surface area contributed by atoms with Crippen LogP contribution in [0.25, 0.3) is 5.65 Å². The Morgan fingerprint density at radius 3 is 2.67 bits per heavy atom. The van der Waals surface area contributed by atoms with Gasteiger partial charge in [-0.3, -0.25) is 14.0 Å². The van der Waals surface area contributed by atoms with Crippen molar-refractivity contribution in [3.8, 4) is 5.75 Å². The second-order valence-corrected chi connectivity index (χ2v) is 7.27. The Bertz CT molecular complexity index is 1000. The van der Waals surface area contributed by atoms with E-state index < -0.39 is 17.7 Å². The number of pyridine rings is 1. The van der Waals surface area contributed by atoms with Crippen molar-refractivity contribution in [1.82, 2.24) is 19.9 Å². The molecule has 0 aliphatic heterocycles. The van der Waals surface area contributed by atoms with Crippen LogP contribution in [0.1, 0.15) is 36.1 Å². The lowest BCUT2D eigenvalue weighted by Gasteiger charge is -2.20. The summed E-state index contributed by atoms with van der Waals surface area (Å²) in [4.78, 5) is 25.4. The first kappa shape index (κ1) is 19.0. The van der Waals surface area contributed by atoms with Crippen LogP contribution in [-0.2, 0) is 4.79 Å². The Morgan fingerprint density at radius 1 is 1.19 bits per heavy atom. The van der Waals surface area contributed by atoms with Crippen molar-refractivity contribution in [2.24, 2.45) is 5.92 Å². The number of ketones is 1. The van der Waals surface area contributed by atoms with Gasteiger partial charge in [0, 0.05) is 10.7 Å². The molecule has 0 radical (unpaired) electrons. The summed E-state index contributed by atoms with van der Waals surface area (Å²) in [6.07, 6.45) is 1.82. The largest absolute Gasteiger partial charge is 0.496 e. The van der Waals surface area contributed by atoms with Gasteiger partial charge in [0.2, 0.25) is 0 Å². The van der Waals surface area contributed by atoms with Gasteiger partial charge in [-0.1, -0.05) is 35.8 Å². The van der Waals surface area contributed by atoms with Gasteiger partial charge < -0.3 is 10.1 Å². The number of aromatic nitrogens is 3. The lowest BCUT2D eigenvalue weighted by molar-refractivity contribution is -0.118. The molecule has 1 N–H and O–H groups in total. The minimum absolute atomic E-state index is 0.00115. The topological polar surface area (TPSA) is 85.6 Å². The Balaban J connectivity index is 1.90. The minimum Gasteiger partial charge on any atom is -0.496 e. The number of amides is 1. The van der Waals surface area contributed by atoms with E-state index in [4.69, 9.17) is 4.74 Å². The van der Waals surface area contributed by atoms with Crippen molar-refractivity contribution in [3.05, 3.63) is 58.5 Å². The molecule has 0 spiro atoms. The van der Waals surface area contributed by atoms with Crippen LogP contribution in [0.2, 0.25) is 0 Å². The van der Waals surface area contributed by atoms with Gasteiger partial charge in [0.15, 0.2) is 11.5 Å². The van der Waals surface area contributed by atoms with E-state index in [9.17, 15) is 9.59 Å². The third-order valence-corrected chi connectivity index (χ3v) is 4.68. The molecule has 2 heterocycles. The first-order valence-electron chi connectivity index (χ1n) is 8.40. The monoisotopic (exact) mass is 430 g/mol. The zero-order chi connectivity index (χ0) is 19.6. The van der Waals surface area contributed by atoms with E-state index in [0.717, 1.165) is 0 Å². The van der Waals surface area contributed by atoms with Crippen molar-refractivity contribution in [3.63, 3.8) is 0 Å². The average molecular weight is 431 g/mol. The molecule has 8 heteroatoms. The molecule has 3 rings (SSSR count). The molecule has 1 unspecified atom stereocenters. The summed E-state index contributed by atoms with van der Waals surface area (Å²) in [5.41, 5.74) is 0.866. The smallest absolute Gasteiger partial charge is 0.293 e. The second kappa shape index (κ2) is 7.87. The van der Waals surface area contributed by atoms with Crippen LogP contribution in [0, 0.1) is 5.92 Å². The Labute approximate surface area is 164 Å². The molecule has 0 saturated heterocycles. The molecule has 27 heavy (non-hydrogen) atoms. The molecule has 2 aromatic heterocycles. The molecule has 1 aromatic carbocycles. The number of halogens is 1. The summed E-state index contributed by atoms with van der Waals surface area (Å²) in [6, 6.07) is 10.0. The Kier molecular flexibility index (Phi) is 5.55. The summed E-state index contributed by atoms with van der Waals surface area (Å²) in [5.74, 6) is -0.487. The van der Waals surface area contributed by atoms with Gasteiger partial charge in [-0.05, 0) is 36.2 Å².